The Labute approximate surface area is 137 Å². The average molecular weight is 324 g/mol. The molecule has 6 heteroatoms. The second kappa shape index (κ2) is 6.16. The van der Waals surface area contributed by atoms with Gasteiger partial charge in [-0.25, -0.2) is 0 Å². The lowest BCUT2D eigenvalue weighted by Gasteiger charge is -2.17. The molecule has 1 atom stereocenters. The Bertz CT molecular complexity index is 978. The highest BCUT2D eigenvalue weighted by Gasteiger charge is 2.25. The number of aromatic nitrogens is 1. The number of rotatable bonds is 4. The van der Waals surface area contributed by atoms with Crippen molar-refractivity contribution in [2.75, 3.05) is 0 Å². The third kappa shape index (κ3) is 2.99. The maximum Gasteiger partial charge on any atom is 0.227 e. The van der Waals surface area contributed by atoms with E-state index in [0.717, 1.165) is 10.9 Å². The topological polar surface area (TPSA) is 106 Å². The van der Waals surface area contributed by atoms with Crippen LogP contribution in [-0.2, 0) is 4.79 Å². The number of carbonyl (C=O) groups is 1. The Kier molecular flexibility index (Phi) is 4.04. The van der Waals surface area contributed by atoms with Crippen molar-refractivity contribution in [3.63, 3.8) is 0 Å². The van der Waals surface area contributed by atoms with Gasteiger partial charge in [0, 0.05) is 24.1 Å². The Hall–Kier alpha value is -3.15. The number of pyridine rings is 1. The number of nitrogens with two attached hydrogens (primary N) is 1. The van der Waals surface area contributed by atoms with E-state index < -0.39 is 23.0 Å². The van der Waals surface area contributed by atoms with Crippen molar-refractivity contribution in [2.24, 2.45) is 5.73 Å². The summed E-state index contributed by atoms with van der Waals surface area (Å²) in [6.07, 6.45) is 1.60. The minimum absolute atomic E-state index is 0.0436. The maximum atomic E-state index is 11.9. The Morgan fingerprint density at radius 3 is 2.88 bits per heavy atom. The lowest BCUT2D eigenvalue weighted by molar-refractivity contribution is -0.118. The van der Waals surface area contributed by atoms with Crippen LogP contribution >= 0.6 is 0 Å². The number of primary amides is 1. The van der Waals surface area contributed by atoms with Gasteiger partial charge in [-0.2, -0.15) is 0 Å². The summed E-state index contributed by atoms with van der Waals surface area (Å²) in [7, 11) is 0. The maximum absolute atomic E-state index is 11.9. The standard InChI is InChI=1S/C18H16N2O4/c1-10-7-15(21)17(23)18(24-10)13(9-16(19)22)11-4-5-14-12(8-11)3-2-6-20-14/h2-8,13,23H,9H2,1H3,(H2,19,22). The molecule has 24 heavy (non-hydrogen) atoms. The molecule has 6 nitrogen and oxygen atoms in total. The van der Waals surface area contributed by atoms with Crippen molar-refractivity contribution >= 4 is 16.8 Å². The van der Waals surface area contributed by atoms with Gasteiger partial charge in [-0.3, -0.25) is 14.6 Å². The van der Waals surface area contributed by atoms with Gasteiger partial charge in [-0.05, 0) is 30.7 Å². The molecule has 0 aliphatic carbocycles. The van der Waals surface area contributed by atoms with Gasteiger partial charge in [0.25, 0.3) is 0 Å². The van der Waals surface area contributed by atoms with Crippen molar-refractivity contribution < 1.29 is 14.3 Å². The van der Waals surface area contributed by atoms with Gasteiger partial charge in [0.1, 0.15) is 5.76 Å². The van der Waals surface area contributed by atoms with Crippen LogP contribution in [0.2, 0.25) is 0 Å². The fraction of sp³-hybridized carbons (Fsp3) is 0.167. The van der Waals surface area contributed by atoms with E-state index in [1.165, 1.54) is 6.07 Å². The average Bonchev–Trinajstić information content (AvgIpc) is 2.55. The SMILES string of the molecule is Cc1cc(=O)c(O)c(C(CC(N)=O)c2ccc3ncccc3c2)o1. The van der Waals surface area contributed by atoms with E-state index in [4.69, 9.17) is 10.2 Å². The molecule has 0 spiro atoms. The van der Waals surface area contributed by atoms with Crippen LogP contribution in [0.1, 0.15) is 29.4 Å². The van der Waals surface area contributed by atoms with Gasteiger partial charge in [-0.1, -0.05) is 12.1 Å². The van der Waals surface area contributed by atoms with E-state index >= 15 is 0 Å². The molecule has 0 aliphatic rings. The van der Waals surface area contributed by atoms with E-state index in [1.54, 1.807) is 25.3 Å². The highest BCUT2D eigenvalue weighted by Crippen LogP contribution is 2.33. The molecule has 0 aliphatic heterocycles. The molecular formula is C18H16N2O4. The zero-order chi connectivity index (χ0) is 17.3. The van der Waals surface area contributed by atoms with Gasteiger partial charge in [-0.15, -0.1) is 0 Å². The van der Waals surface area contributed by atoms with E-state index in [0.29, 0.717) is 11.3 Å². The highest BCUT2D eigenvalue weighted by molar-refractivity contribution is 5.80. The number of fused-ring (bicyclic) bond motifs is 1. The Morgan fingerprint density at radius 1 is 1.33 bits per heavy atom. The van der Waals surface area contributed by atoms with Crippen molar-refractivity contribution in [1.29, 1.82) is 0 Å². The van der Waals surface area contributed by atoms with E-state index in [9.17, 15) is 14.7 Å². The zero-order valence-electron chi connectivity index (χ0n) is 13.0. The van der Waals surface area contributed by atoms with Gasteiger partial charge in [0.05, 0.1) is 11.4 Å². The fourth-order valence-corrected chi connectivity index (χ4v) is 2.74. The van der Waals surface area contributed by atoms with E-state index in [2.05, 4.69) is 4.98 Å². The lowest BCUT2D eigenvalue weighted by Crippen LogP contribution is -2.17. The number of aryl methyl sites for hydroxylation is 1. The highest BCUT2D eigenvalue weighted by atomic mass is 16.4. The van der Waals surface area contributed by atoms with Crippen LogP contribution in [0, 0.1) is 6.92 Å². The number of amides is 1. The van der Waals surface area contributed by atoms with Crippen LogP contribution in [0.4, 0.5) is 0 Å². The zero-order valence-corrected chi connectivity index (χ0v) is 13.0. The molecular weight excluding hydrogens is 308 g/mol. The van der Waals surface area contributed by atoms with Crippen LogP contribution in [0.15, 0.2) is 51.8 Å². The predicted molar refractivity (Wildman–Crippen MR) is 88.8 cm³/mol. The molecule has 1 amide bonds. The molecule has 1 aromatic carbocycles. The normalized spacial score (nSPS) is 12.2. The first-order valence-electron chi connectivity index (χ1n) is 7.42. The van der Waals surface area contributed by atoms with Crippen molar-refractivity contribution in [3.8, 4) is 5.75 Å². The molecule has 0 radical (unpaired) electrons. The first-order valence-corrected chi connectivity index (χ1v) is 7.42. The summed E-state index contributed by atoms with van der Waals surface area (Å²) in [5.41, 5.74) is 6.31. The molecule has 3 rings (SSSR count). The number of nitrogens with zero attached hydrogens (tertiary/aromatic N) is 1. The van der Waals surface area contributed by atoms with E-state index in [-0.39, 0.29) is 12.2 Å². The Morgan fingerprint density at radius 2 is 2.12 bits per heavy atom. The number of hydrogen-bond donors (Lipinski definition) is 2. The fourth-order valence-electron chi connectivity index (χ4n) is 2.74. The van der Waals surface area contributed by atoms with Crippen LogP contribution in [0.3, 0.4) is 0 Å². The minimum atomic E-state index is -0.653. The van der Waals surface area contributed by atoms with Gasteiger partial charge < -0.3 is 15.3 Å². The predicted octanol–water partition coefficient (Wildman–Crippen LogP) is 2.21. The first kappa shape index (κ1) is 15.7. The molecule has 0 saturated heterocycles. The van der Waals surface area contributed by atoms with Crippen LogP contribution in [0.25, 0.3) is 10.9 Å². The summed E-state index contributed by atoms with van der Waals surface area (Å²) >= 11 is 0. The van der Waals surface area contributed by atoms with Gasteiger partial charge in [0.15, 0.2) is 5.76 Å². The second-order valence-electron chi connectivity index (χ2n) is 5.61. The second-order valence-corrected chi connectivity index (χ2v) is 5.61. The molecule has 2 heterocycles. The van der Waals surface area contributed by atoms with Gasteiger partial charge >= 0.3 is 0 Å². The first-order chi connectivity index (χ1) is 11.5. The molecule has 1 unspecified atom stereocenters. The molecule has 0 saturated carbocycles. The Balaban J connectivity index is 2.19. The number of carbonyl (C=O) groups excluding carboxylic acids is 1. The molecule has 3 aromatic rings. The largest absolute Gasteiger partial charge is 0.502 e. The van der Waals surface area contributed by atoms with Crippen LogP contribution in [0.5, 0.6) is 5.75 Å². The summed E-state index contributed by atoms with van der Waals surface area (Å²) < 4.78 is 5.54. The van der Waals surface area contributed by atoms with Gasteiger partial charge in [0.2, 0.25) is 17.1 Å². The van der Waals surface area contributed by atoms with Crippen LogP contribution < -0.4 is 11.2 Å². The molecule has 0 bridgehead atoms. The lowest BCUT2D eigenvalue weighted by atomic mass is 9.91. The molecule has 122 valence electrons. The third-order valence-corrected chi connectivity index (χ3v) is 3.82. The minimum Gasteiger partial charge on any atom is -0.502 e. The summed E-state index contributed by atoms with van der Waals surface area (Å²) in [6.45, 7) is 1.61. The van der Waals surface area contributed by atoms with Crippen molar-refractivity contribution in [3.05, 3.63) is 69.9 Å². The summed E-state index contributed by atoms with van der Waals surface area (Å²) in [4.78, 5) is 27.6. The quantitative estimate of drug-likeness (QED) is 0.765. The number of hydrogen-bond acceptors (Lipinski definition) is 5. The van der Waals surface area contributed by atoms with Crippen molar-refractivity contribution in [2.45, 2.75) is 19.3 Å². The molecule has 3 N–H and O–H groups in total. The number of benzene rings is 1. The van der Waals surface area contributed by atoms with E-state index in [1.807, 2.05) is 18.2 Å². The third-order valence-electron chi connectivity index (χ3n) is 3.82. The summed E-state index contributed by atoms with van der Waals surface area (Å²) in [5.74, 6) is -1.32. The smallest absolute Gasteiger partial charge is 0.227 e. The van der Waals surface area contributed by atoms with Crippen LogP contribution in [-0.4, -0.2) is 16.0 Å². The summed E-state index contributed by atoms with van der Waals surface area (Å²) in [6, 6.07) is 10.3. The molecule has 0 fully saturated rings. The number of aromatic hydroxyl groups is 1. The monoisotopic (exact) mass is 324 g/mol. The molecule has 2 aromatic heterocycles. The summed E-state index contributed by atoms with van der Waals surface area (Å²) in [5, 5.41) is 11.0. The van der Waals surface area contributed by atoms with Crippen molar-refractivity contribution in [1.82, 2.24) is 4.98 Å².